The lowest BCUT2D eigenvalue weighted by Gasteiger charge is -2.07. The number of nitrogen functional groups attached to an aromatic ring is 1. The molecule has 0 bridgehead atoms. The van der Waals surface area contributed by atoms with Crippen LogP contribution in [0, 0.1) is 0 Å². The molecule has 0 radical (unpaired) electrons. The summed E-state index contributed by atoms with van der Waals surface area (Å²) in [5.74, 6) is -0.246. The van der Waals surface area contributed by atoms with Gasteiger partial charge in [-0.1, -0.05) is 28.1 Å². The Bertz CT molecular complexity index is 598. The van der Waals surface area contributed by atoms with Gasteiger partial charge in [0.05, 0.1) is 6.61 Å². The van der Waals surface area contributed by atoms with Crippen molar-refractivity contribution < 1.29 is 9.53 Å². The van der Waals surface area contributed by atoms with Crippen molar-refractivity contribution in [3.05, 3.63) is 39.9 Å². The highest BCUT2D eigenvalue weighted by atomic mass is 79.9. The van der Waals surface area contributed by atoms with Gasteiger partial charge in [-0.2, -0.15) is 4.37 Å². The van der Waals surface area contributed by atoms with Crippen LogP contribution in [0.15, 0.2) is 28.7 Å². The Morgan fingerprint density at radius 1 is 1.45 bits per heavy atom. The lowest BCUT2D eigenvalue weighted by Crippen LogP contribution is -2.10. The standard InChI is InChI=1S/C13H14BrN3O2S/c1-2-19-13(18)10-11(15)17-20-12(10)16-7-8-3-5-9(14)6-4-8/h3-6,16H,2,7H2,1H3,(H2,15,17). The second-order valence-electron chi connectivity index (χ2n) is 3.97. The van der Waals surface area contributed by atoms with Crippen molar-refractivity contribution in [3.63, 3.8) is 0 Å². The van der Waals surface area contributed by atoms with Crippen LogP contribution >= 0.6 is 27.5 Å². The Morgan fingerprint density at radius 3 is 2.80 bits per heavy atom. The molecule has 2 aromatic rings. The fourth-order valence-electron chi connectivity index (χ4n) is 1.61. The molecule has 0 aliphatic rings. The molecule has 1 aromatic heterocycles. The van der Waals surface area contributed by atoms with Gasteiger partial charge in [0, 0.05) is 11.0 Å². The number of esters is 1. The number of anilines is 2. The van der Waals surface area contributed by atoms with E-state index in [4.69, 9.17) is 10.5 Å². The predicted octanol–water partition coefficient (Wildman–Crippen LogP) is 3.28. The Morgan fingerprint density at radius 2 is 2.15 bits per heavy atom. The predicted molar refractivity (Wildman–Crippen MR) is 84.0 cm³/mol. The zero-order valence-electron chi connectivity index (χ0n) is 10.9. The first-order valence-corrected chi connectivity index (χ1v) is 7.59. The number of carbonyl (C=O) groups excluding carboxylic acids is 1. The lowest BCUT2D eigenvalue weighted by atomic mass is 10.2. The van der Waals surface area contributed by atoms with Gasteiger partial charge >= 0.3 is 5.97 Å². The Balaban J connectivity index is 2.10. The zero-order chi connectivity index (χ0) is 14.5. The minimum atomic E-state index is -0.447. The van der Waals surface area contributed by atoms with Gasteiger partial charge in [-0.15, -0.1) is 0 Å². The SMILES string of the molecule is CCOC(=O)c1c(N)nsc1NCc1ccc(Br)cc1. The first-order chi connectivity index (χ1) is 9.61. The van der Waals surface area contributed by atoms with E-state index in [1.54, 1.807) is 6.92 Å². The number of hydrogen-bond acceptors (Lipinski definition) is 6. The molecule has 0 atom stereocenters. The second-order valence-corrected chi connectivity index (χ2v) is 5.66. The fraction of sp³-hybridized carbons (Fsp3) is 0.231. The smallest absolute Gasteiger partial charge is 0.344 e. The number of benzene rings is 1. The van der Waals surface area contributed by atoms with E-state index in [1.165, 1.54) is 0 Å². The third kappa shape index (κ3) is 3.49. The molecule has 20 heavy (non-hydrogen) atoms. The summed E-state index contributed by atoms with van der Waals surface area (Å²) in [5, 5.41) is 3.80. The van der Waals surface area contributed by atoms with Crippen LogP contribution < -0.4 is 11.1 Å². The van der Waals surface area contributed by atoms with Crippen LogP contribution in [0.3, 0.4) is 0 Å². The number of rotatable bonds is 5. The van der Waals surface area contributed by atoms with Crippen LogP contribution in [0.4, 0.5) is 10.8 Å². The van der Waals surface area contributed by atoms with Crippen molar-refractivity contribution in [2.24, 2.45) is 0 Å². The van der Waals surface area contributed by atoms with Crippen LogP contribution in [0.25, 0.3) is 0 Å². The molecule has 0 saturated heterocycles. The van der Waals surface area contributed by atoms with Gasteiger partial charge in [0.2, 0.25) is 0 Å². The van der Waals surface area contributed by atoms with E-state index in [-0.39, 0.29) is 5.82 Å². The van der Waals surface area contributed by atoms with Gasteiger partial charge in [-0.3, -0.25) is 0 Å². The summed E-state index contributed by atoms with van der Waals surface area (Å²) in [6, 6.07) is 7.91. The highest BCUT2D eigenvalue weighted by Gasteiger charge is 2.20. The van der Waals surface area contributed by atoms with Gasteiger partial charge in [0.15, 0.2) is 5.82 Å². The molecule has 0 spiro atoms. The highest BCUT2D eigenvalue weighted by molar-refractivity contribution is 9.10. The van der Waals surface area contributed by atoms with Crippen LogP contribution in [-0.2, 0) is 11.3 Å². The lowest BCUT2D eigenvalue weighted by molar-refractivity contribution is 0.0529. The van der Waals surface area contributed by atoms with Crippen molar-refractivity contribution in [1.82, 2.24) is 4.37 Å². The van der Waals surface area contributed by atoms with E-state index in [2.05, 4.69) is 25.6 Å². The van der Waals surface area contributed by atoms with Gasteiger partial charge in [-0.25, -0.2) is 4.79 Å². The summed E-state index contributed by atoms with van der Waals surface area (Å²) in [5.41, 5.74) is 7.12. The number of hydrogen-bond donors (Lipinski definition) is 2. The molecule has 1 aromatic carbocycles. The maximum Gasteiger partial charge on any atom is 0.344 e. The molecule has 0 fully saturated rings. The molecule has 0 aliphatic carbocycles. The van der Waals surface area contributed by atoms with E-state index in [0.717, 1.165) is 21.6 Å². The van der Waals surface area contributed by atoms with Gasteiger partial charge in [0.1, 0.15) is 10.6 Å². The van der Waals surface area contributed by atoms with Crippen molar-refractivity contribution in [2.45, 2.75) is 13.5 Å². The molecule has 2 rings (SSSR count). The summed E-state index contributed by atoms with van der Waals surface area (Å²) in [4.78, 5) is 11.8. The first kappa shape index (κ1) is 14.8. The minimum absolute atomic E-state index is 0.201. The van der Waals surface area contributed by atoms with Crippen LogP contribution in [0.1, 0.15) is 22.8 Å². The van der Waals surface area contributed by atoms with Crippen LogP contribution in [0.2, 0.25) is 0 Å². The molecule has 0 amide bonds. The van der Waals surface area contributed by atoms with E-state index in [0.29, 0.717) is 23.7 Å². The molecule has 7 heteroatoms. The Hall–Kier alpha value is -1.60. The summed E-state index contributed by atoms with van der Waals surface area (Å²) in [6.07, 6.45) is 0. The van der Waals surface area contributed by atoms with E-state index in [9.17, 15) is 4.79 Å². The third-order valence-electron chi connectivity index (χ3n) is 2.56. The molecular weight excluding hydrogens is 342 g/mol. The third-order valence-corrected chi connectivity index (χ3v) is 3.91. The number of ether oxygens (including phenoxy) is 1. The average Bonchev–Trinajstić information content (AvgIpc) is 2.79. The van der Waals surface area contributed by atoms with Crippen molar-refractivity contribution in [1.29, 1.82) is 0 Å². The topological polar surface area (TPSA) is 77.2 Å². The van der Waals surface area contributed by atoms with E-state index in [1.807, 2.05) is 24.3 Å². The molecule has 0 unspecified atom stereocenters. The van der Waals surface area contributed by atoms with Gasteiger partial charge in [-0.05, 0) is 36.2 Å². The molecule has 0 aliphatic heterocycles. The molecular formula is C13H14BrN3O2S. The molecule has 106 valence electrons. The normalized spacial score (nSPS) is 10.3. The fourth-order valence-corrected chi connectivity index (χ4v) is 2.57. The minimum Gasteiger partial charge on any atom is -0.462 e. The largest absolute Gasteiger partial charge is 0.462 e. The highest BCUT2D eigenvalue weighted by Crippen LogP contribution is 2.28. The number of nitrogens with two attached hydrogens (primary N) is 1. The number of aromatic nitrogens is 1. The summed E-state index contributed by atoms with van der Waals surface area (Å²) in [7, 11) is 0. The van der Waals surface area contributed by atoms with Gasteiger partial charge < -0.3 is 15.8 Å². The van der Waals surface area contributed by atoms with Gasteiger partial charge in [0.25, 0.3) is 0 Å². The van der Waals surface area contributed by atoms with E-state index >= 15 is 0 Å². The van der Waals surface area contributed by atoms with Crippen LogP contribution in [-0.4, -0.2) is 16.9 Å². The van der Waals surface area contributed by atoms with Crippen molar-refractivity contribution in [3.8, 4) is 0 Å². The second kappa shape index (κ2) is 6.71. The maximum absolute atomic E-state index is 11.8. The quantitative estimate of drug-likeness (QED) is 0.804. The van der Waals surface area contributed by atoms with Crippen molar-refractivity contribution >= 4 is 44.3 Å². The number of nitrogens with zero attached hydrogens (tertiary/aromatic N) is 1. The molecule has 1 heterocycles. The monoisotopic (exact) mass is 355 g/mol. The Kier molecular flexibility index (Phi) is 4.97. The number of carbonyl (C=O) groups is 1. The average molecular weight is 356 g/mol. The summed E-state index contributed by atoms with van der Waals surface area (Å²) >= 11 is 4.54. The Labute approximate surface area is 129 Å². The number of nitrogens with one attached hydrogen (secondary N) is 1. The molecule has 5 nitrogen and oxygen atoms in total. The first-order valence-electron chi connectivity index (χ1n) is 6.02. The van der Waals surface area contributed by atoms with Crippen molar-refractivity contribution in [2.75, 3.05) is 17.7 Å². The maximum atomic E-state index is 11.8. The molecule has 3 N–H and O–H groups in total. The van der Waals surface area contributed by atoms with E-state index < -0.39 is 5.97 Å². The summed E-state index contributed by atoms with van der Waals surface area (Å²) in [6.45, 7) is 2.64. The zero-order valence-corrected chi connectivity index (χ0v) is 13.3. The summed E-state index contributed by atoms with van der Waals surface area (Å²) < 4.78 is 10.00. The number of halogens is 1. The van der Waals surface area contributed by atoms with Crippen LogP contribution in [0.5, 0.6) is 0 Å². The molecule has 0 saturated carbocycles.